The van der Waals surface area contributed by atoms with Gasteiger partial charge in [-0.15, -0.1) is 0 Å². The predicted molar refractivity (Wildman–Crippen MR) is 149 cm³/mol. The summed E-state index contributed by atoms with van der Waals surface area (Å²) in [6.45, 7) is 1.53. The normalized spacial score (nSPS) is 18.7. The van der Waals surface area contributed by atoms with Crippen LogP contribution < -0.4 is 16.2 Å². The van der Waals surface area contributed by atoms with Gasteiger partial charge in [0.05, 0.1) is 23.0 Å². The third kappa shape index (κ3) is 6.32. The summed E-state index contributed by atoms with van der Waals surface area (Å²) >= 11 is 5.93. The highest BCUT2D eigenvalue weighted by atomic mass is 35.5. The number of rotatable bonds is 8. The number of sulfonamides is 1. The molecular formula is C27H28ClFN4O5S. The first-order chi connectivity index (χ1) is 18.5. The van der Waals surface area contributed by atoms with Crippen LogP contribution in [0.2, 0.25) is 5.02 Å². The van der Waals surface area contributed by atoms with Crippen molar-refractivity contribution < 1.29 is 22.7 Å². The number of amides is 1. The SMILES string of the molecule is CCS(=O)(=O)N(C)C1C/C(=C(/O)Nc2ccc(Cl)cc2)[C@@H](C(=O)Nc2ccc(-n3ccccc3=O)cc2F)C1. The second kappa shape index (κ2) is 11.6. The highest BCUT2D eigenvalue weighted by molar-refractivity contribution is 7.89. The fourth-order valence-corrected chi connectivity index (χ4v) is 5.64. The number of hydrogen-bond acceptors (Lipinski definition) is 6. The van der Waals surface area contributed by atoms with E-state index in [4.69, 9.17) is 11.6 Å². The number of anilines is 2. The van der Waals surface area contributed by atoms with Crippen molar-refractivity contribution in [1.29, 1.82) is 0 Å². The van der Waals surface area contributed by atoms with Gasteiger partial charge in [-0.1, -0.05) is 17.7 Å². The van der Waals surface area contributed by atoms with Crippen LogP contribution in [0.5, 0.6) is 0 Å². The van der Waals surface area contributed by atoms with E-state index in [0.717, 1.165) is 6.07 Å². The molecule has 1 aliphatic carbocycles. The lowest BCUT2D eigenvalue weighted by Gasteiger charge is -2.23. The highest BCUT2D eigenvalue weighted by Crippen LogP contribution is 2.38. The van der Waals surface area contributed by atoms with Crippen molar-refractivity contribution in [3.8, 4) is 5.69 Å². The van der Waals surface area contributed by atoms with E-state index in [9.17, 15) is 27.5 Å². The summed E-state index contributed by atoms with van der Waals surface area (Å²) in [4.78, 5) is 25.5. The lowest BCUT2D eigenvalue weighted by Crippen LogP contribution is -2.37. The Morgan fingerprint density at radius 2 is 1.87 bits per heavy atom. The molecule has 1 saturated carbocycles. The number of hydrogen-bond donors (Lipinski definition) is 3. The number of benzene rings is 2. The molecule has 0 saturated heterocycles. The minimum atomic E-state index is -3.57. The van der Waals surface area contributed by atoms with Gasteiger partial charge in [0, 0.05) is 47.7 Å². The third-order valence-electron chi connectivity index (χ3n) is 6.74. The molecule has 4 rings (SSSR count). The summed E-state index contributed by atoms with van der Waals surface area (Å²) in [5, 5.41) is 16.8. The minimum absolute atomic E-state index is 0.0857. The molecule has 0 radical (unpaired) electrons. The molecule has 1 unspecified atom stereocenters. The van der Waals surface area contributed by atoms with E-state index in [1.807, 2.05) is 0 Å². The molecule has 0 bridgehead atoms. The topological polar surface area (TPSA) is 121 Å². The minimum Gasteiger partial charge on any atom is -0.495 e. The Morgan fingerprint density at radius 1 is 1.15 bits per heavy atom. The fraction of sp³-hybridized carbons (Fsp3) is 0.259. The molecule has 1 heterocycles. The van der Waals surface area contributed by atoms with Crippen LogP contribution in [-0.2, 0) is 14.8 Å². The van der Waals surface area contributed by atoms with E-state index < -0.39 is 33.7 Å². The van der Waals surface area contributed by atoms with Crippen molar-refractivity contribution >= 4 is 38.9 Å². The maximum Gasteiger partial charge on any atom is 0.255 e. The number of pyridine rings is 1. The summed E-state index contributed by atoms with van der Waals surface area (Å²) in [5.74, 6) is -2.72. The van der Waals surface area contributed by atoms with Crippen LogP contribution in [0, 0.1) is 11.7 Å². The molecule has 2 atom stereocenters. The average molecular weight is 575 g/mol. The third-order valence-corrected chi connectivity index (χ3v) is 8.90. The van der Waals surface area contributed by atoms with Crippen molar-refractivity contribution in [2.24, 2.45) is 5.92 Å². The molecule has 3 N–H and O–H groups in total. The Hall–Kier alpha value is -3.67. The summed E-state index contributed by atoms with van der Waals surface area (Å²) in [5.41, 5.74) is 0.636. The number of aliphatic hydroxyl groups is 1. The molecule has 3 aromatic rings. The van der Waals surface area contributed by atoms with Gasteiger partial charge in [-0.2, -0.15) is 0 Å². The average Bonchev–Trinajstić information content (AvgIpc) is 3.37. The van der Waals surface area contributed by atoms with E-state index in [0.29, 0.717) is 16.3 Å². The first-order valence-electron chi connectivity index (χ1n) is 12.2. The van der Waals surface area contributed by atoms with Gasteiger partial charge in [0.15, 0.2) is 5.88 Å². The van der Waals surface area contributed by atoms with Gasteiger partial charge < -0.3 is 15.7 Å². The Bertz CT molecular complexity index is 1570. The zero-order chi connectivity index (χ0) is 28.3. The number of carbonyl (C=O) groups is 1. The molecule has 1 fully saturated rings. The Labute approximate surface area is 230 Å². The van der Waals surface area contributed by atoms with Crippen LogP contribution in [-0.4, -0.2) is 47.1 Å². The number of halogens is 2. The van der Waals surface area contributed by atoms with Gasteiger partial charge in [-0.05, 0) is 62.2 Å². The first-order valence-corrected chi connectivity index (χ1v) is 14.2. The second-order valence-electron chi connectivity index (χ2n) is 9.13. The standard InChI is InChI=1S/C27H28ClFN4O5S/c1-3-39(37,38)32(2)20-14-21(26(35)30-18-9-7-17(28)8-10-18)22(15-20)27(36)31-24-12-11-19(16-23(24)29)33-13-5-4-6-25(33)34/h4-13,16,20,22,30,35H,3,14-15H2,1-2H3,(H,31,36)/b26-21-/t20?,22-/m0/s1. The van der Waals surface area contributed by atoms with Crippen LogP contribution in [0.15, 0.2) is 83.1 Å². The largest absolute Gasteiger partial charge is 0.495 e. The van der Waals surface area contributed by atoms with Gasteiger partial charge >= 0.3 is 0 Å². The fourth-order valence-electron chi connectivity index (χ4n) is 4.49. The van der Waals surface area contributed by atoms with Crippen LogP contribution in [0.4, 0.5) is 15.8 Å². The van der Waals surface area contributed by atoms with Crippen LogP contribution in [0.1, 0.15) is 19.8 Å². The number of nitrogens with one attached hydrogen (secondary N) is 2. The van der Waals surface area contributed by atoms with E-state index in [1.54, 1.807) is 36.4 Å². The summed E-state index contributed by atoms with van der Waals surface area (Å²) in [6, 6.07) is 14.5. The molecule has 0 spiro atoms. The van der Waals surface area contributed by atoms with Gasteiger partial charge in [-0.3, -0.25) is 14.2 Å². The van der Waals surface area contributed by atoms with Gasteiger partial charge in [0.2, 0.25) is 15.9 Å². The van der Waals surface area contributed by atoms with Crippen LogP contribution in [0.25, 0.3) is 5.69 Å². The number of carbonyl (C=O) groups excluding carboxylic acids is 1. The lowest BCUT2D eigenvalue weighted by molar-refractivity contribution is -0.118. The summed E-state index contributed by atoms with van der Waals surface area (Å²) in [6.07, 6.45) is 1.68. The lowest BCUT2D eigenvalue weighted by atomic mass is 10.0. The van der Waals surface area contributed by atoms with E-state index >= 15 is 0 Å². The Kier molecular flexibility index (Phi) is 8.43. The van der Waals surface area contributed by atoms with E-state index in [2.05, 4.69) is 10.6 Å². The monoisotopic (exact) mass is 574 g/mol. The number of aliphatic hydroxyl groups excluding tert-OH is 1. The zero-order valence-electron chi connectivity index (χ0n) is 21.3. The Balaban J connectivity index is 1.62. The van der Waals surface area contributed by atoms with E-state index in [-0.39, 0.29) is 41.4 Å². The molecule has 0 aliphatic heterocycles. The molecule has 1 amide bonds. The molecule has 1 aromatic heterocycles. The first kappa shape index (κ1) is 28.3. The van der Waals surface area contributed by atoms with Gasteiger partial charge in [0.1, 0.15) is 5.82 Å². The zero-order valence-corrected chi connectivity index (χ0v) is 22.8. The smallest absolute Gasteiger partial charge is 0.255 e. The summed E-state index contributed by atoms with van der Waals surface area (Å²) < 4.78 is 42.5. The Morgan fingerprint density at radius 3 is 2.51 bits per heavy atom. The van der Waals surface area contributed by atoms with E-state index in [1.165, 1.54) is 47.2 Å². The molecule has 9 nitrogen and oxygen atoms in total. The number of aromatic nitrogens is 1. The highest BCUT2D eigenvalue weighted by Gasteiger charge is 2.41. The molecule has 39 heavy (non-hydrogen) atoms. The van der Waals surface area contributed by atoms with Crippen molar-refractivity contribution in [1.82, 2.24) is 8.87 Å². The quantitative estimate of drug-likeness (QED) is 0.340. The van der Waals surface area contributed by atoms with Gasteiger partial charge in [-0.25, -0.2) is 17.1 Å². The van der Waals surface area contributed by atoms with Crippen LogP contribution in [0.3, 0.4) is 0 Å². The van der Waals surface area contributed by atoms with Crippen LogP contribution >= 0.6 is 11.6 Å². The maximum atomic E-state index is 15.0. The van der Waals surface area contributed by atoms with Crippen molar-refractivity contribution in [3.63, 3.8) is 0 Å². The van der Waals surface area contributed by atoms with Gasteiger partial charge in [0.25, 0.3) is 5.56 Å². The second-order valence-corrected chi connectivity index (χ2v) is 11.9. The summed E-state index contributed by atoms with van der Waals surface area (Å²) in [7, 11) is -2.13. The molecule has 206 valence electrons. The molecule has 12 heteroatoms. The number of nitrogens with zero attached hydrogens (tertiary/aromatic N) is 2. The maximum absolute atomic E-state index is 15.0. The molecule has 1 aliphatic rings. The van der Waals surface area contributed by atoms with Crippen molar-refractivity contribution in [2.45, 2.75) is 25.8 Å². The van der Waals surface area contributed by atoms with Crippen molar-refractivity contribution in [3.05, 3.63) is 99.5 Å². The predicted octanol–water partition coefficient (Wildman–Crippen LogP) is 4.51. The van der Waals surface area contributed by atoms with Crippen molar-refractivity contribution in [2.75, 3.05) is 23.4 Å². The molecular weight excluding hydrogens is 547 g/mol. The molecule has 2 aromatic carbocycles.